The van der Waals surface area contributed by atoms with E-state index in [9.17, 15) is 23.9 Å². The maximum Gasteiger partial charge on any atom is 0.270 e. The van der Waals surface area contributed by atoms with Crippen LogP contribution in [0.1, 0.15) is 61.9 Å². The number of carbonyl (C=O) groups is 3. The van der Waals surface area contributed by atoms with Crippen molar-refractivity contribution in [2.24, 2.45) is 0 Å². The molecule has 41 heavy (non-hydrogen) atoms. The molecule has 0 radical (unpaired) electrons. The lowest BCUT2D eigenvalue weighted by molar-refractivity contribution is 0.0888. The van der Waals surface area contributed by atoms with E-state index in [2.05, 4.69) is 20.6 Å². The number of nitrogens with zero attached hydrogens (tertiary/aromatic N) is 2. The van der Waals surface area contributed by atoms with Gasteiger partial charge in [0.1, 0.15) is 28.6 Å². The minimum absolute atomic E-state index is 0.0177. The van der Waals surface area contributed by atoms with Gasteiger partial charge in [0.25, 0.3) is 11.8 Å². The fraction of sp³-hybridized carbons (Fsp3) is 0.233. The number of hydrogen-bond donors (Lipinski definition) is 3. The van der Waals surface area contributed by atoms with E-state index in [1.54, 1.807) is 41.8 Å². The van der Waals surface area contributed by atoms with Crippen molar-refractivity contribution < 1.29 is 28.6 Å². The summed E-state index contributed by atoms with van der Waals surface area (Å²) in [6.07, 6.45) is 4.19. The number of aromatic hydroxyl groups is 1. The SMILES string of the molecule is Cc1nc(C(=O)N[C@H]2CC[C@H](NC(=O)c3cc(F)cnc3Oc3cccc(-c4ccc(O)c(C=O)c4)c3)CC2)cs1. The molecule has 0 saturated heterocycles. The molecule has 11 heteroatoms. The summed E-state index contributed by atoms with van der Waals surface area (Å²) in [4.78, 5) is 45.1. The largest absolute Gasteiger partial charge is 0.507 e. The van der Waals surface area contributed by atoms with Crippen molar-refractivity contribution in [1.29, 1.82) is 0 Å². The van der Waals surface area contributed by atoms with Gasteiger partial charge in [-0.15, -0.1) is 11.3 Å². The number of ether oxygens (including phenoxy) is 1. The van der Waals surface area contributed by atoms with Crippen LogP contribution in [0.4, 0.5) is 4.39 Å². The third kappa shape index (κ3) is 6.75. The van der Waals surface area contributed by atoms with Gasteiger partial charge in [-0.05, 0) is 74.1 Å². The van der Waals surface area contributed by atoms with Gasteiger partial charge in [0.15, 0.2) is 6.29 Å². The number of amides is 2. The Bertz CT molecular complexity index is 1600. The number of pyridine rings is 1. The van der Waals surface area contributed by atoms with E-state index in [0.29, 0.717) is 54.5 Å². The molecule has 5 rings (SSSR count). The summed E-state index contributed by atoms with van der Waals surface area (Å²) in [5.41, 5.74) is 1.89. The number of carbonyl (C=O) groups excluding carboxylic acids is 3. The first-order chi connectivity index (χ1) is 19.8. The standard InChI is InChI=1S/C30H27FN4O5S/c1-17-33-26(16-41-17)29(39)35-23-8-6-22(7-9-23)34-28(38)25-13-21(31)14-32-30(25)40-24-4-2-3-18(12-24)19-5-10-27(37)20(11-19)15-36/h2-5,10-16,22-23,37H,6-9H2,1H3,(H,34,38)(H,35,39)/t22-,23-. The average Bonchev–Trinajstić information content (AvgIpc) is 3.42. The third-order valence-electron chi connectivity index (χ3n) is 6.85. The van der Waals surface area contributed by atoms with Crippen LogP contribution in [0.15, 0.2) is 60.1 Å². The molecule has 2 aromatic carbocycles. The number of nitrogens with one attached hydrogen (secondary N) is 2. The molecule has 0 atom stereocenters. The van der Waals surface area contributed by atoms with Crippen molar-refractivity contribution in [2.45, 2.75) is 44.7 Å². The minimum Gasteiger partial charge on any atom is -0.507 e. The Morgan fingerprint density at radius 3 is 2.41 bits per heavy atom. The van der Waals surface area contributed by atoms with Crippen molar-refractivity contribution in [3.8, 4) is 28.5 Å². The second kappa shape index (κ2) is 12.3. The lowest BCUT2D eigenvalue weighted by Gasteiger charge is -2.29. The molecular weight excluding hydrogens is 547 g/mol. The average molecular weight is 575 g/mol. The Hall–Kier alpha value is -4.64. The van der Waals surface area contributed by atoms with Crippen molar-refractivity contribution in [1.82, 2.24) is 20.6 Å². The van der Waals surface area contributed by atoms with Crippen LogP contribution in [0.2, 0.25) is 0 Å². The summed E-state index contributed by atoms with van der Waals surface area (Å²) in [5, 5.41) is 18.3. The zero-order chi connectivity index (χ0) is 28.9. The van der Waals surface area contributed by atoms with Gasteiger partial charge in [-0.3, -0.25) is 14.4 Å². The Morgan fingerprint density at radius 2 is 1.73 bits per heavy atom. The second-order valence-corrected chi connectivity index (χ2v) is 10.8. The number of aldehydes is 1. The van der Waals surface area contributed by atoms with Crippen LogP contribution >= 0.6 is 11.3 Å². The second-order valence-electron chi connectivity index (χ2n) is 9.77. The van der Waals surface area contributed by atoms with E-state index in [-0.39, 0.29) is 40.7 Å². The minimum atomic E-state index is -0.676. The first-order valence-corrected chi connectivity index (χ1v) is 13.9. The van der Waals surface area contributed by atoms with Gasteiger partial charge in [-0.2, -0.15) is 0 Å². The van der Waals surface area contributed by atoms with Crippen molar-refractivity contribution in [3.63, 3.8) is 0 Å². The number of phenols is 1. The first-order valence-electron chi connectivity index (χ1n) is 13.0. The van der Waals surface area contributed by atoms with E-state index in [4.69, 9.17) is 4.74 Å². The summed E-state index contributed by atoms with van der Waals surface area (Å²) in [6.45, 7) is 1.85. The van der Waals surface area contributed by atoms with Gasteiger partial charge in [-0.1, -0.05) is 18.2 Å². The van der Waals surface area contributed by atoms with Gasteiger partial charge in [-0.25, -0.2) is 14.4 Å². The molecule has 1 fully saturated rings. The molecule has 210 valence electrons. The predicted octanol–water partition coefficient (Wildman–Crippen LogP) is 5.43. The smallest absolute Gasteiger partial charge is 0.270 e. The van der Waals surface area contributed by atoms with Crippen molar-refractivity contribution >= 4 is 29.4 Å². The molecule has 0 bridgehead atoms. The molecule has 1 saturated carbocycles. The highest BCUT2D eigenvalue weighted by atomic mass is 32.1. The number of aryl methyl sites for hydroxylation is 1. The maximum atomic E-state index is 14.1. The van der Waals surface area contributed by atoms with Gasteiger partial charge >= 0.3 is 0 Å². The summed E-state index contributed by atoms with van der Waals surface area (Å²) < 4.78 is 20.0. The highest BCUT2D eigenvalue weighted by Crippen LogP contribution is 2.31. The van der Waals surface area contributed by atoms with Gasteiger partial charge in [0.05, 0.1) is 16.8 Å². The summed E-state index contributed by atoms with van der Waals surface area (Å²) in [7, 11) is 0. The van der Waals surface area contributed by atoms with Gasteiger partial charge < -0.3 is 20.5 Å². The van der Waals surface area contributed by atoms with Crippen LogP contribution in [0.25, 0.3) is 11.1 Å². The van der Waals surface area contributed by atoms with Gasteiger partial charge in [0.2, 0.25) is 5.88 Å². The monoisotopic (exact) mass is 574 g/mol. The molecule has 0 spiro atoms. The highest BCUT2D eigenvalue weighted by Gasteiger charge is 2.26. The lowest BCUT2D eigenvalue weighted by atomic mass is 9.91. The maximum absolute atomic E-state index is 14.1. The zero-order valence-corrected chi connectivity index (χ0v) is 22.9. The Kier molecular flexibility index (Phi) is 8.34. The molecular formula is C30H27FN4O5S. The quantitative estimate of drug-likeness (QED) is 0.239. The van der Waals surface area contributed by atoms with E-state index in [0.717, 1.165) is 17.3 Å². The van der Waals surface area contributed by atoms with E-state index in [1.165, 1.54) is 17.4 Å². The molecule has 9 nitrogen and oxygen atoms in total. The molecule has 2 amide bonds. The van der Waals surface area contributed by atoms with Crippen molar-refractivity contribution in [3.05, 3.63) is 87.8 Å². The number of hydrogen-bond acceptors (Lipinski definition) is 8. The fourth-order valence-electron chi connectivity index (χ4n) is 4.72. The summed E-state index contributed by atoms with van der Waals surface area (Å²) >= 11 is 1.42. The molecule has 4 aromatic rings. The highest BCUT2D eigenvalue weighted by molar-refractivity contribution is 7.09. The zero-order valence-electron chi connectivity index (χ0n) is 22.1. The third-order valence-corrected chi connectivity index (χ3v) is 7.62. The van der Waals surface area contributed by atoms with Crippen LogP contribution in [-0.2, 0) is 0 Å². The number of aromatic nitrogens is 2. The number of phenolic OH excluding ortho intramolecular Hbond substituents is 1. The summed E-state index contributed by atoms with van der Waals surface area (Å²) in [5.74, 6) is -1.21. The number of rotatable bonds is 8. The van der Waals surface area contributed by atoms with Crippen molar-refractivity contribution in [2.75, 3.05) is 0 Å². The molecule has 1 aliphatic rings. The van der Waals surface area contributed by atoms with Gasteiger partial charge in [0, 0.05) is 17.5 Å². The number of thiazole rings is 1. The van der Waals surface area contributed by atoms with Crippen LogP contribution in [0, 0.1) is 12.7 Å². The predicted molar refractivity (Wildman–Crippen MR) is 151 cm³/mol. The summed E-state index contributed by atoms with van der Waals surface area (Å²) in [6, 6.07) is 12.4. The van der Waals surface area contributed by atoms with E-state index < -0.39 is 11.7 Å². The fourth-order valence-corrected chi connectivity index (χ4v) is 5.32. The van der Waals surface area contributed by atoms with Crippen LogP contribution in [0.3, 0.4) is 0 Å². The number of benzene rings is 2. The molecule has 1 aliphatic carbocycles. The van der Waals surface area contributed by atoms with E-state index in [1.807, 2.05) is 6.92 Å². The van der Waals surface area contributed by atoms with E-state index >= 15 is 0 Å². The lowest BCUT2D eigenvalue weighted by Crippen LogP contribution is -2.44. The van der Waals surface area contributed by atoms with Crippen LogP contribution in [-0.4, -0.2) is 45.3 Å². The normalized spacial score (nSPS) is 16.5. The first kappa shape index (κ1) is 27.9. The molecule has 3 N–H and O–H groups in total. The Labute approximate surface area is 239 Å². The van der Waals surface area contributed by atoms with Crippen LogP contribution in [0.5, 0.6) is 17.4 Å². The molecule has 0 unspecified atom stereocenters. The topological polar surface area (TPSA) is 131 Å². The molecule has 2 heterocycles. The Morgan fingerprint density at radius 1 is 1.02 bits per heavy atom. The number of halogens is 1. The molecule has 2 aromatic heterocycles. The van der Waals surface area contributed by atoms with Crippen LogP contribution < -0.4 is 15.4 Å². The Balaban J connectivity index is 1.24. The molecule has 0 aliphatic heterocycles.